The van der Waals surface area contributed by atoms with Crippen molar-refractivity contribution >= 4 is 11.4 Å². The number of carbonyl (C=O) groups excluding carboxylic acids is 1. The molecule has 3 aromatic heterocycles. The van der Waals surface area contributed by atoms with E-state index in [1.165, 1.54) is 10.7 Å². The van der Waals surface area contributed by atoms with Crippen molar-refractivity contribution in [1.29, 1.82) is 0 Å². The van der Waals surface area contributed by atoms with Gasteiger partial charge >= 0.3 is 6.18 Å². The summed E-state index contributed by atoms with van der Waals surface area (Å²) in [5, 5.41) is 11.6. The lowest BCUT2D eigenvalue weighted by atomic mass is 10.2. The predicted octanol–water partition coefficient (Wildman–Crippen LogP) is 1.40. The molecule has 1 amide bonds. The number of aromatic amines is 1. The Kier molecular flexibility index (Phi) is 3.28. The normalized spacial score (nSPS) is 11.8. The maximum Gasteiger partial charge on any atom is 0.453 e. The number of halogens is 3. The van der Waals surface area contributed by atoms with Crippen LogP contribution >= 0.6 is 0 Å². The molecule has 0 aliphatic rings. The van der Waals surface area contributed by atoms with Crippen LogP contribution in [0.25, 0.3) is 5.52 Å². The third-order valence-electron chi connectivity index (χ3n) is 2.87. The van der Waals surface area contributed by atoms with Crippen LogP contribution in [0.1, 0.15) is 22.0 Å². The lowest BCUT2D eigenvalue weighted by molar-refractivity contribution is -0.144. The van der Waals surface area contributed by atoms with E-state index in [-0.39, 0.29) is 12.4 Å². The van der Waals surface area contributed by atoms with Gasteiger partial charge in [-0.3, -0.25) is 9.89 Å². The SMILES string of the molecule is O=C(NCc1nc(C(F)(F)F)n[nH]1)c1cnn2ccccc12. The van der Waals surface area contributed by atoms with Crippen LogP contribution in [0, 0.1) is 0 Å². The van der Waals surface area contributed by atoms with E-state index < -0.39 is 17.9 Å². The summed E-state index contributed by atoms with van der Waals surface area (Å²) in [5.74, 6) is -1.82. The van der Waals surface area contributed by atoms with Gasteiger partial charge in [-0.15, -0.1) is 5.10 Å². The fraction of sp³-hybridized carbons (Fsp3) is 0.167. The van der Waals surface area contributed by atoms with Crippen LogP contribution in [-0.4, -0.2) is 30.7 Å². The highest BCUT2D eigenvalue weighted by Gasteiger charge is 2.36. The molecule has 0 aliphatic heterocycles. The maximum atomic E-state index is 12.4. The number of amides is 1. The molecule has 0 bridgehead atoms. The van der Waals surface area contributed by atoms with Gasteiger partial charge in [0.05, 0.1) is 23.8 Å². The third-order valence-corrected chi connectivity index (χ3v) is 2.87. The van der Waals surface area contributed by atoms with Crippen LogP contribution in [0.5, 0.6) is 0 Å². The molecule has 10 heteroatoms. The van der Waals surface area contributed by atoms with Crippen LogP contribution in [0.3, 0.4) is 0 Å². The number of hydrogen-bond acceptors (Lipinski definition) is 4. The highest BCUT2D eigenvalue weighted by molar-refractivity contribution is 6.00. The molecule has 0 aliphatic carbocycles. The van der Waals surface area contributed by atoms with E-state index in [0.29, 0.717) is 11.1 Å². The van der Waals surface area contributed by atoms with Crippen molar-refractivity contribution < 1.29 is 18.0 Å². The molecule has 0 saturated heterocycles. The first kappa shape index (κ1) is 14.0. The Morgan fingerprint density at radius 2 is 2.18 bits per heavy atom. The zero-order valence-corrected chi connectivity index (χ0v) is 10.9. The van der Waals surface area contributed by atoms with Gasteiger partial charge < -0.3 is 5.32 Å². The zero-order valence-electron chi connectivity index (χ0n) is 10.9. The Morgan fingerprint density at radius 3 is 2.91 bits per heavy atom. The third kappa shape index (κ3) is 2.62. The summed E-state index contributed by atoms with van der Waals surface area (Å²) in [6.07, 6.45) is -1.56. The standard InChI is InChI=1S/C12H9F3N6O/c13-12(14,15)11-18-9(19-20-11)6-16-10(22)7-5-17-21-4-2-1-3-8(7)21/h1-5H,6H2,(H,16,22)(H,18,19,20). The Morgan fingerprint density at radius 1 is 1.36 bits per heavy atom. The Labute approximate surface area is 121 Å². The van der Waals surface area contributed by atoms with Crippen LogP contribution < -0.4 is 5.32 Å². The van der Waals surface area contributed by atoms with Gasteiger partial charge in [-0.2, -0.15) is 18.3 Å². The highest BCUT2D eigenvalue weighted by atomic mass is 19.4. The largest absolute Gasteiger partial charge is 0.453 e. The topological polar surface area (TPSA) is 88.0 Å². The first-order chi connectivity index (χ1) is 10.4. The number of hydrogen-bond donors (Lipinski definition) is 2. The number of H-pyrrole nitrogens is 1. The molecule has 0 unspecified atom stereocenters. The minimum absolute atomic E-state index is 0.0860. The summed E-state index contributed by atoms with van der Waals surface area (Å²) in [4.78, 5) is 15.3. The maximum absolute atomic E-state index is 12.4. The van der Waals surface area contributed by atoms with Crippen molar-refractivity contribution in [2.75, 3.05) is 0 Å². The van der Waals surface area contributed by atoms with Crippen molar-refractivity contribution in [1.82, 2.24) is 30.1 Å². The second kappa shape index (κ2) is 5.13. The van der Waals surface area contributed by atoms with Crippen molar-refractivity contribution in [3.05, 3.63) is 47.8 Å². The fourth-order valence-corrected chi connectivity index (χ4v) is 1.87. The summed E-state index contributed by atoms with van der Waals surface area (Å²) in [7, 11) is 0. The zero-order chi connectivity index (χ0) is 15.7. The number of rotatable bonds is 3. The molecular weight excluding hydrogens is 301 g/mol. The minimum atomic E-state index is -4.62. The first-order valence-corrected chi connectivity index (χ1v) is 6.14. The number of alkyl halides is 3. The molecule has 3 aromatic rings. The van der Waals surface area contributed by atoms with E-state index in [9.17, 15) is 18.0 Å². The number of nitrogens with zero attached hydrogens (tertiary/aromatic N) is 4. The van der Waals surface area contributed by atoms with Gasteiger partial charge in [0.25, 0.3) is 11.7 Å². The molecule has 114 valence electrons. The van der Waals surface area contributed by atoms with Gasteiger partial charge in [-0.25, -0.2) is 9.50 Å². The van der Waals surface area contributed by atoms with E-state index in [2.05, 4.69) is 25.6 Å². The van der Waals surface area contributed by atoms with Gasteiger partial charge in [0.2, 0.25) is 0 Å². The van der Waals surface area contributed by atoms with Gasteiger partial charge in [-0.1, -0.05) is 6.07 Å². The average molecular weight is 310 g/mol. The molecule has 0 saturated carbocycles. The Hall–Kier alpha value is -2.91. The lowest BCUT2D eigenvalue weighted by Crippen LogP contribution is -2.23. The second-order valence-corrected chi connectivity index (χ2v) is 4.37. The summed E-state index contributed by atoms with van der Waals surface area (Å²) in [6, 6.07) is 5.22. The molecule has 3 rings (SSSR count). The quantitative estimate of drug-likeness (QED) is 0.765. The smallest absolute Gasteiger partial charge is 0.345 e. The summed E-state index contributed by atoms with van der Waals surface area (Å²) in [5.41, 5.74) is 0.907. The molecule has 0 spiro atoms. The molecule has 22 heavy (non-hydrogen) atoms. The van der Waals surface area contributed by atoms with Gasteiger partial charge in [-0.05, 0) is 12.1 Å². The molecule has 0 aromatic carbocycles. The van der Waals surface area contributed by atoms with Crippen LogP contribution in [0.15, 0.2) is 30.6 Å². The lowest BCUT2D eigenvalue weighted by Gasteiger charge is -2.01. The van der Waals surface area contributed by atoms with Gasteiger partial charge in [0.1, 0.15) is 5.82 Å². The Bertz CT molecular complexity index is 821. The highest BCUT2D eigenvalue weighted by Crippen LogP contribution is 2.25. The molecule has 0 radical (unpaired) electrons. The molecule has 0 fully saturated rings. The van der Waals surface area contributed by atoms with Gasteiger partial charge in [0.15, 0.2) is 0 Å². The molecular formula is C12H9F3N6O. The first-order valence-electron chi connectivity index (χ1n) is 6.14. The van der Waals surface area contributed by atoms with Crippen LogP contribution in [-0.2, 0) is 12.7 Å². The molecule has 3 heterocycles. The summed E-state index contributed by atoms with van der Waals surface area (Å²) < 4.78 is 38.6. The monoisotopic (exact) mass is 310 g/mol. The number of aromatic nitrogens is 5. The van der Waals surface area contributed by atoms with E-state index in [1.807, 2.05) is 0 Å². The molecule has 2 N–H and O–H groups in total. The molecule has 0 atom stereocenters. The van der Waals surface area contributed by atoms with Crippen LogP contribution in [0.4, 0.5) is 13.2 Å². The van der Waals surface area contributed by atoms with E-state index >= 15 is 0 Å². The molecule has 7 nitrogen and oxygen atoms in total. The van der Waals surface area contributed by atoms with E-state index in [0.717, 1.165) is 0 Å². The average Bonchev–Trinajstić information content (AvgIpc) is 3.11. The van der Waals surface area contributed by atoms with Gasteiger partial charge in [0, 0.05) is 6.20 Å². The number of carbonyl (C=O) groups is 1. The van der Waals surface area contributed by atoms with Crippen LogP contribution in [0.2, 0.25) is 0 Å². The summed E-state index contributed by atoms with van der Waals surface area (Å²) >= 11 is 0. The van der Waals surface area contributed by atoms with Crippen molar-refractivity contribution in [2.45, 2.75) is 12.7 Å². The summed E-state index contributed by atoms with van der Waals surface area (Å²) in [6.45, 7) is -0.202. The van der Waals surface area contributed by atoms with Crippen molar-refractivity contribution in [3.8, 4) is 0 Å². The van der Waals surface area contributed by atoms with E-state index in [1.54, 1.807) is 24.4 Å². The van der Waals surface area contributed by atoms with Crippen molar-refractivity contribution in [3.63, 3.8) is 0 Å². The van der Waals surface area contributed by atoms with Crippen molar-refractivity contribution in [2.24, 2.45) is 0 Å². The number of nitrogens with one attached hydrogen (secondary N) is 2. The van der Waals surface area contributed by atoms with E-state index in [4.69, 9.17) is 0 Å². The number of fused-ring (bicyclic) bond motifs is 1. The second-order valence-electron chi connectivity index (χ2n) is 4.37. The Balaban J connectivity index is 1.71. The minimum Gasteiger partial charge on any atom is -0.345 e. The fourth-order valence-electron chi connectivity index (χ4n) is 1.87. The number of pyridine rings is 1. The predicted molar refractivity (Wildman–Crippen MR) is 67.7 cm³/mol.